The maximum atomic E-state index is 12.3. The van der Waals surface area contributed by atoms with E-state index in [-0.39, 0.29) is 12.2 Å². The molecule has 1 aromatic rings. The molecule has 0 aliphatic carbocycles. The van der Waals surface area contributed by atoms with Crippen LogP contribution in [-0.2, 0) is 11.3 Å². The first-order chi connectivity index (χ1) is 9.30. The summed E-state index contributed by atoms with van der Waals surface area (Å²) in [7, 11) is 0. The van der Waals surface area contributed by atoms with Gasteiger partial charge in [0.05, 0.1) is 12.0 Å². The number of nitrogens with one attached hydrogen (secondary N) is 1. The van der Waals surface area contributed by atoms with Gasteiger partial charge in [-0.05, 0) is 25.5 Å². The third kappa shape index (κ3) is 3.79. The van der Waals surface area contributed by atoms with Crippen LogP contribution in [0.3, 0.4) is 0 Å². The van der Waals surface area contributed by atoms with Crippen molar-refractivity contribution in [3.8, 4) is 0 Å². The number of alkyl halides is 2. The number of amides is 1. The molecule has 20 heavy (non-hydrogen) atoms. The van der Waals surface area contributed by atoms with E-state index in [1.54, 1.807) is 6.92 Å². The molecule has 1 aromatic heterocycles. The summed E-state index contributed by atoms with van der Waals surface area (Å²) in [5, 5.41) is 11.6. The molecule has 112 valence electrons. The first-order valence-electron chi connectivity index (χ1n) is 6.25. The van der Waals surface area contributed by atoms with Crippen molar-refractivity contribution in [1.29, 1.82) is 0 Å². The lowest BCUT2D eigenvalue weighted by atomic mass is 9.88. The number of aliphatic carboxylic acids is 1. The fourth-order valence-corrected chi connectivity index (χ4v) is 1.65. The maximum absolute atomic E-state index is 12.3. The molecule has 0 aliphatic rings. The highest BCUT2D eigenvalue weighted by Crippen LogP contribution is 2.20. The van der Waals surface area contributed by atoms with Crippen molar-refractivity contribution in [3.63, 3.8) is 0 Å². The second-order valence-electron chi connectivity index (χ2n) is 4.84. The first-order valence-corrected chi connectivity index (χ1v) is 6.25. The molecular formula is C13H18F2N2O3. The molecule has 1 heterocycles. The summed E-state index contributed by atoms with van der Waals surface area (Å²) in [6, 6.07) is 2.91. The number of hydrogen-bond donors (Lipinski definition) is 2. The highest BCUT2D eigenvalue weighted by molar-refractivity contribution is 5.93. The van der Waals surface area contributed by atoms with Crippen LogP contribution in [0.15, 0.2) is 18.3 Å². The lowest BCUT2D eigenvalue weighted by Gasteiger charge is -2.23. The number of carboxylic acids is 1. The van der Waals surface area contributed by atoms with Crippen LogP contribution in [-0.4, -0.2) is 34.5 Å². The van der Waals surface area contributed by atoms with E-state index >= 15 is 0 Å². The lowest BCUT2D eigenvalue weighted by molar-refractivity contribution is -0.147. The van der Waals surface area contributed by atoms with Crippen LogP contribution in [0.5, 0.6) is 0 Å². The Morgan fingerprint density at radius 1 is 1.50 bits per heavy atom. The van der Waals surface area contributed by atoms with Gasteiger partial charge in [0.2, 0.25) is 0 Å². The molecule has 7 heteroatoms. The van der Waals surface area contributed by atoms with Gasteiger partial charge in [-0.1, -0.05) is 6.92 Å². The molecule has 0 fully saturated rings. The number of carbonyl (C=O) groups is 2. The first kappa shape index (κ1) is 16.1. The Morgan fingerprint density at radius 2 is 2.15 bits per heavy atom. The Labute approximate surface area is 115 Å². The van der Waals surface area contributed by atoms with Crippen molar-refractivity contribution in [2.45, 2.75) is 33.2 Å². The van der Waals surface area contributed by atoms with Gasteiger partial charge in [-0.3, -0.25) is 9.59 Å². The van der Waals surface area contributed by atoms with Gasteiger partial charge in [0, 0.05) is 12.7 Å². The minimum Gasteiger partial charge on any atom is -0.481 e. The molecule has 1 unspecified atom stereocenters. The fraction of sp³-hybridized carbons (Fsp3) is 0.538. The summed E-state index contributed by atoms with van der Waals surface area (Å²) in [6.07, 6.45) is -0.827. The third-order valence-corrected chi connectivity index (χ3v) is 3.33. The van der Waals surface area contributed by atoms with Gasteiger partial charge in [-0.15, -0.1) is 0 Å². The molecule has 0 spiro atoms. The average molecular weight is 288 g/mol. The number of aromatic nitrogens is 1. The molecule has 0 saturated heterocycles. The minimum absolute atomic E-state index is 0.0580. The average Bonchev–Trinajstić information content (AvgIpc) is 2.82. The summed E-state index contributed by atoms with van der Waals surface area (Å²) in [5.74, 6) is -1.57. The van der Waals surface area contributed by atoms with E-state index in [9.17, 15) is 18.4 Å². The van der Waals surface area contributed by atoms with Crippen molar-refractivity contribution in [2.75, 3.05) is 6.54 Å². The summed E-state index contributed by atoms with van der Waals surface area (Å²) in [5.41, 5.74) is -0.982. The van der Waals surface area contributed by atoms with Gasteiger partial charge >= 0.3 is 5.97 Å². The van der Waals surface area contributed by atoms with E-state index in [1.807, 2.05) is 0 Å². The zero-order chi connectivity index (χ0) is 15.3. The van der Waals surface area contributed by atoms with E-state index in [0.29, 0.717) is 6.42 Å². The Hall–Kier alpha value is -1.92. The number of rotatable bonds is 7. The zero-order valence-corrected chi connectivity index (χ0v) is 11.4. The van der Waals surface area contributed by atoms with E-state index in [1.165, 1.54) is 25.3 Å². The lowest BCUT2D eigenvalue weighted by Crippen LogP contribution is -2.41. The highest BCUT2D eigenvalue weighted by Gasteiger charge is 2.31. The van der Waals surface area contributed by atoms with Crippen molar-refractivity contribution < 1.29 is 23.5 Å². The second kappa shape index (κ2) is 6.49. The van der Waals surface area contributed by atoms with E-state index in [2.05, 4.69) is 5.32 Å². The Balaban J connectivity index is 2.73. The molecular weight excluding hydrogens is 270 g/mol. The van der Waals surface area contributed by atoms with Crippen LogP contribution in [0, 0.1) is 5.41 Å². The molecule has 5 nitrogen and oxygen atoms in total. The molecule has 0 aromatic carbocycles. The molecule has 0 radical (unpaired) electrons. The highest BCUT2D eigenvalue weighted by atomic mass is 19.3. The van der Waals surface area contributed by atoms with Gasteiger partial charge in [-0.25, -0.2) is 8.78 Å². The standard InChI is InChI=1S/C13H18F2N2O3/c1-3-13(2,12(19)20)8-16-11(18)9-5-4-6-17(9)7-10(14)15/h4-6,10H,3,7-8H2,1-2H3,(H,16,18)(H,19,20). The number of carbonyl (C=O) groups excluding carboxylic acids is 1. The molecule has 1 amide bonds. The van der Waals surface area contributed by atoms with Crippen molar-refractivity contribution >= 4 is 11.9 Å². The number of nitrogens with zero attached hydrogens (tertiary/aromatic N) is 1. The Bertz CT molecular complexity index is 488. The Kier molecular flexibility index (Phi) is 5.24. The molecule has 0 aliphatic heterocycles. The predicted octanol–water partition coefficient (Wildman–Crippen LogP) is 1.98. The normalized spacial score (nSPS) is 14.1. The summed E-state index contributed by atoms with van der Waals surface area (Å²) in [4.78, 5) is 23.0. The minimum atomic E-state index is -2.56. The van der Waals surface area contributed by atoms with E-state index < -0.39 is 30.3 Å². The monoisotopic (exact) mass is 288 g/mol. The van der Waals surface area contributed by atoms with Gasteiger partial charge < -0.3 is 15.0 Å². The van der Waals surface area contributed by atoms with Gasteiger partial charge in [0.25, 0.3) is 12.3 Å². The second-order valence-corrected chi connectivity index (χ2v) is 4.84. The summed E-state index contributed by atoms with van der Waals surface area (Å²) < 4.78 is 25.8. The van der Waals surface area contributed by atoms with E-state index in [0.717, 1.165) is 4.57 Å². The van der Waals surface area contributed by atoms with Crippen LogP contribution in [0.2, 0.25) is 0 Å². The number of halogens is 2. The molecule has 1 rings (SSSR count). The van der Waals surface area contributed by atoms with Crippen LogP contribution < -0.4 is 5.32 Å². The molecule has 1 atom stereocenters. The summed E-state index contributed by atoms with van der Waals surface area (Å²) >= 11 is 0. The quantitative estimate of drug-likeness (QED) is 0.806. The zero-order valence-electron chi connectivity index (χ0n) is 11.4. The fourth-order valence-electron chi connectivity index (χ4n) is 1.65. The van der Waals surface area contributed by atoms with E-state index in [4.69, 9.17) is 5.11 Å². The van der Waals surface area contributed by atoms with Gasteiger partial charge in [-0.2, -0.15) is 0 Å². The largest absolute Gasteiger partial charge is 0.481 e. The number of carboxylic acid groups (broad SMARTS) is 1. The summed E-state index contributed by atoms with van der Waals surface area (Å²) in [6.45, 7) is 2.60. The molecule has 0 saturated carbocycles. The van der Waals surface area contributed by atoms with Crippen LogP contribution in [0.4, 0.5) is 8.78 Å². The van der Waals surface area contributed by atoms with Crippen LogP contribution in [0.1, 0.15) is 30.8 Å². The SMILES string of the molecule is CCC(C)(CNC(=O)c1cccn1CC(F)F)C(=O)O. The smallest absolute Gasteiger partial charge is 0.311 e. The van der Waals surface area contributed by atoms with Crippen molar-refractivity contribution in [3.05, 3.63) is 24.0 Å². The van der Waals surface area contributed by atoms with Crippen LogP contribution >= 0.6 is 0 Å². The van der Waals surface area contributed by atoms with Gasteiger partial charge in [0.15, 0.2) is 0 Å². The maximum Gasteiger partial charge on any atom is 0.311 e. The predicted molar refractivity (Wildman–Crippen MR) is 68.8 cm³/mol. The van der Waals surface area contributed by atoms with Crippen molar-refractivity contribution in [1.82, 2.24) is 9.88 Å². The van der Waals surface area contributed by atoms with Gasteiger partial charge in [0.1, 0.15) is 5.69 Å². The van der Waals surface area contributed by atoms with Crippen molar-refractivity contribution in [2.24, 2.45) is 5.41 Å². The third-order valence-electron chi connectivity index (χ3n) is 3.33. The molecule has 2 N–H and O–H groups in total. The number of hydrogen-bond acceptors (Lipinski definition) is 2. The molecule has 0 bridgehead atoms. The topological polar surface area (TPSA) is 71.3 Å². The Morgan fingerprint density at radius 3 is 2.65 bits per heavy atom. The van der Waals surface area contributed by atoms with Crippen LogP contribution in [0.25, 0.3) is 0 Å².